The van der Waals surface area contributed by atoms with Gasteiger partial charge >= 0.3 is 6.18 Å². The van der Waals surface area contributed by atoms with Crippen molar-refractivity contribution in [1.82, 2.24) is 4.98 Å². The molecule has 0 fully saturated rings. The molecule has 112 valence electrons. The van der Waals surface area contributed by atoms with Crippen LogP contribution < -0.4 is 10.9 Å². The normalized spacial score (nSPS) is 18.4. The maximum atomic E-state index is 13.1. The molecule has 0 amide bonds. The van der Waals surface area contributed by atoms with Gasteiger partial charge in [0.25, 0.3) is 0 Å². The number of hydrogen-bond acceptors (Lipinski definition) is 2. The average molecular weight is 296 g/mol. The predicted octanol–water partition coefficient (Wildman–Crippen LogP) is 3.86. The number of fused-ring (bicyclic) bond motifs is 2. The fraction of sp³-hybridized carbons (Fsp3) is 0.400. The summed E-state index contributed by atoms with van der Waals surface area (Å²) < 4.78 is 39.4. The number of H-pyrrole nitrogens is 1. The van der Waals surface area contributed by atoms with E-state index in [0.717, 1.165) is 30.6 Å². The highest BCUT2D eigenvalue weighted by Gasteiger charge is 2.34. The third-order valence-corrected chi connectivity index (χ3v) is 4.06. The largest absolute Gasteiger partial charge is 0.417 e. The van der Waals surface area contributed by atoms with Crippen molar-refractivity contribution in [2.24, 2.45) is 0 Å². The number of hydrogen-bond donors (Lipinski definition) is 2. The van der Waals surface area contributed by atoms with E-state index in [1.807, 2.05) is 6.92 Å². The molecule has 1 atom stereocenters. The zero-order valence-corrected chi connectivity index (χ0v) is 11.5. The van der Waals surface area contributed by atoms with Gasteiger partial charge in [-0.15, -0.1) is 0 Å². The van der Waals surface area contributed by atoms with Crippen LogP contribution in [0.3, 0.4) is 0 Å². The average Bonchev–Trinajstić information content (AvgIpc) is 2.42. The Labute approximate surface area is 119 Å². The first kappa shape index (κ1) is 14.0. The molecular weight excluding hydrogens is 281 g/mol. The molecule has 0 saturated heterocycles. The van der Waals surface area contributed by atoms with E-state index in [1.165, 1.54) is 0 Å². The molecule has 2 heterocycles. The minimum atomic E-state index is -4.54. The second-order valence-electron chi connectivity index (χ2n) is 5.35. The molecule has 3 rings (SSSR count). The fourth-order valence-electron chi connectivity index (χ4n) is 3.01. The minimum absolute atomic E-state index is 0.0583. The first-order chi connectivity index (χ1) is 9.90. The first-order valence-electron chi connectivity index (χ1n) is 6.92. The minimum Gasteiger partial charge on any atom is -0.385 e. The van der Waals surface area contributed by atoms with Gasteiger partial charge in [0.1, 0.15) is 0 Å². The van der Waals surface area contributed by atoms with Crippen molar-refractivity contribution in [3.8, 4) is 0 Å². The van der Waals surface area contributed by atoms with Gasteiger partial charge < -0.3 is 10.3 Å². The highest BCUT2D eigenvalue weighted by Crippen LogP contribution is 2.39. The van der Waals surface area contributed by atoms with Gasteiger partial charge in [-0.2, -0.15) is 13.2 Å². The number of alkyl halides is 3. The van der Waals surface area contributed by atoms with E-state index in [2.05, 4.69) is 10.3 Å². The van der Waals surface area contributed by atoms with Gasteiger partial charge in [-0.3, -0.25) is 4.79 Å². The lowest BCUT2D eigenvalue weighted by molar-refractivity contribution is -0.136. The molecule has 3 nitrogen and oxygen atoms in total. The van der Waals surface area contributed by atoms with E-state index < -0.39 is 17.3 Å². The van der Waals surface area contributed by atoms with E-state index in [0.29, 0.717) is 6.07 Å². The summed E-state index contributed by atoms with van der Waals surface area (Å²) in [6.45, 7) is 2.82. The maximum absolute atomic E-state index is 13.1. The zero-order valence-electron chi connectivity index (χ0n) is 11.5. The van der Waals surface area contributed by atoms with Gasteiger partial charge in [-0.25, -0.2) is 0 Å². The Hall–Kier alpha value is -1.98. The van der Waals surface area contributed by atoms with Gasteiger partial charge in [0.15, 0.2) is 0 Å². The Bertz CT molecular complexity index is 749. The second kappa shape index (κ2) is 4.79. The number of rotatable bonds is 1. The Kier molecular flexibility index (Phi) is 3.19. The number of anilines is 1. The van der Waals surface area contributed by atoms with E-state index in [9.17, 15) is 18.0 Å². The number of pyridine rings is 1. The van der Waals surface area contributed by atoms with Crippen LogP contribution in [0.4, 0.5) is 18.9 Å². The van der Waals surface area contributed by atoms with Crippen molar-refractivity contribution in [3.05, 3.63) is 39.7 Å². The maximum Gasteiger partial charge on any atom is 0.417 e. The summed E-state index contributed by atoms with van der Waals surface area (Å²) in [6, 6.07) is 3.82. The first-order valence-corrected chi connectivity index (χ1v) is 6.92. The van der Waals surface area contributed by atoms with Crippen molar-refractivity contribution in [3.63, 3.8) is 0 Å². The standard InChI is InChI=1S/C15H15F3N2O/c1-2-8-3-4-19-12-7-13-10(5-9(8)12)11(15(16,17)18)6-14(21)20-13/h5-8,19H,2-4H2,1H3,(H,20,21)/t8-/m0/s1. The third kappa shape index (κ3) is 2.39. The van der Waals surface area contributed by atoms with Gasteiger partial charge in [-0.1, -0.05) is 6.92 Å². The molecule has 0 bridgehead atoms. The number of aromatic nitrogens is 1. The monoisotopic (exact) mass is 296 g/mol. The Morgan fingerprint density at radius 1 is 1.29 bits per heavy atom. The van der Waals surface area contributed by atoms with E-state index in [4.69, 9.17) is 0 Å². The molecule has 1 aromatic carbocycles. The van der Waals surface area contributed by atoms with Crippen LogP contribution in [0.5, 0.6) is 0 Å². The fourth-order valence-corrected chi connectivity index (χ4v) is 3.01. The molecule has 1 aromatic heterocycles. The number of nitrogens with one attached hydrogen (secondary N) is 2. The number of aromatic amines is 1. The molecule has 2 aromatic rings. The van der Waals surface area contributed by atoms with Crippen LogP contribution in [-0.2, 0) is 6.18 Å². The Balaban J connectivity index is 2.33. The van der Waals surface area contributed by atoms with Crippen molar-refractivity contribution < 1.29 is 13.2 Å². The molecule has 1 aliphatic heterocycles. The number of halogens is 3. The molecular formula is C15H15F3N2O. The summed E-state index contributed by atoms with van der Waals surface area (Å²) in [7, 11) is 0. The predicted molar refractivity (Wildman–Crippen MR) is 75.7 cm³/mol. The lowest BCUT2D eigenvalue weighted by Gasteiger charge is -2.26. The molecule has 0 unspecified atom stereocenters. The van der Waals surface area contributed by atoms with Crippen LogP contribution in [0.1, 0.15) is 36.8 Å². The topological polar surface area (TPSA) is 44.9 Å². The van der Waals surface area contributed by atoms with Crippen LogP contribution in [0.25, 0.3) is 10.9 Å². The quantitative estimate of drug-likeness (QED) is 0.839. The molecule has 21 heavy (non-hydrogen) atoms. The second-order valence-corrected chi connectivity index (χ2v) is 5.35. The highest BCUT2D eigenvalue weighted by molar-refractivity contribution is 5.87. The van der Waals surface area contributed by atoms with Crippen LogP contribution >= 0.6 is 0 Å². The molecule has 0 spiro atoms. The smallest absolute Gasteiger partial charge is 0.385 e. The van der Waals surface area contributed by atoms with Crippen molar-refractivity contribution in [1.29, 1.82) is 0 Å². The van der Waals surface area contributed by atoms with Crippen LogP contribution in [-0.4, -0.2) is 11.5 Å². The summed E-state index contributed by atoms with van der Waals surface area (Å²) in [6.07, 6.45) is -2.75. The van der Waals surface area contributed by atoms with E-state index in [-0.39, 0.29) is 16.8 Å². The third-order valence-electron chi connectivity index (χ3n) is 4.06. The zero-order chi connectivity index (χ0) is 15.2. The molecule has 0 radical (unpaired) electrons. The van der Waals surface area contributed by atoms with E-state index in [1.54, 1.807) is 12.1 Å². The summed E-state index contributed by atoms with van der Waals surface area (Å²) >= 11 is 0. The summed E-state index contributed by atoms with van der Waals surface area (Å²) in [5.41, 5.74) is 0.323. The lowest BCUT2D eigenvalue weighted by atomic mass is 9.87. The lowest BCUT2D eigenvalue weighted by Crippen LogP contribution is -2.18. The summed E-state index contributed by atoms with van der Waals surface area (Å²) in [5.74, 6) is 0.249. The van der Waals surface area contributed by atoms with Crippen molar-refractivity contribution >= 4 is 16.6 Å². The SMILES string of the molecule is CC[C@H]1CCNc2cc3[nH]c(=O)cc(C(F)(F)F)c3cc21. The molecule has 1 aliphatic rings. The Morgan fingerprint density at radius 3 is 2.71 bits per heavy atom. The van der Waals surface area contributed by atoms with E-state index >= 15 is 0 Å². The summed E-state index contributed by atoms with van der Waals surface area (Å²) in [5, 5.41) is 3.25. The summed E-state index contributed by atoms with van der Waals surface area (Å²) in [4.78, 5) is 14.0. The molecule has 6 heteroatoms. The van der Waals surface area contributed by atoms with Crippen LogP contribution in [0, 0.1) is 0 Å². The van der Waals surface area contributed by atoms with Gasteiger partial charge in [0.2, 0.25) is 5.56 Å². The van der Waals surface area contributed by atoms with Gasteiger partial charge in [0.05, 0.1) is 11.1 Å². The number of benzene rings is 1. The van der Waals surface area contributed by atoms with Crippen molar-refractivity contribution in [2.45, 2.75) is 31.9 Å². The molecule has 0 saturated carbocycles. The van der Waals surface area contributed by atoms with Crippen LogP contribution in [0.15, 0.2) is 23.0 Å². The van der Waals surface area contributed by atoms with Crippen molar-refractivity contribution in [2.75, 3.05) is 11.9 Å². The molecule has 0 aliphatic carbocycles. The van der Waals surface area contributed by atoms with Gasteiger partial charge in [0, 0.05) is 23.7 Å². The van der Waals surface area contributed by atoms with Crippen LogP contribution in [0.2, 0.25) is 0 Å². The molecule has 2 N–H and O–H groups in total. The highest BCUT2D eigenvalue weighted by atomic mass is 19.4. The van der Waals surface area contributed by atoms with Gasteiger partial charge in [-0.05, 0) is 36.5 Å². The Morgan fingerprint density at radius 2 is 2.05 bits per heavy atom.